The van der Waals surface area contributed by atoms with Gasteiger partial charge in [0.05, 0.1) is 28.2 Å². The number of carbonyl (C=O) groups excluding carboxylic acids is 2. The lowest BCUT2D eigenvalue weighted by Gasteiger charge is -2.29. The van der Waals surface area contributed by atoms with Crippen LogP contribution in [0.15, 0.2) is 48.5 Å². The number of amides is 1. The van der Waals surface area contributed by atoms with Crippen LogP contribution in [0.4, 0.5) is 5.69 Å². The van der Waals surface area contributed by atoms with Gasteiger partial charge in [-0.15, -0.1) is 0 Å². The highest BCUT2D eigenvalue weighted by molar-refractivity contribution is 6.00. The molecule has 3 aromatic rings. The Labute approximate surface area is 182 Å². The second-order valence-electron chi connectivity index (χ2n) is 9.13. The van der Waals surface area contributed by atoms with E-state index in [-0.39, 0.29) is 17.2 Å². The highest BCUT2D eigenvalue weighted by Crippen LogP contribution is 2.37. The molecule has 0 aliphatic heterocycles. The molecule has 6 heteroatoms. The molecule has 0 saturated carbocycles. The van der Waals surface area contributed by atoms with Crippen LogP contribution in [0, 0.1) is 12.3 Å². The van der Waals surface area contributed by atoms with Crippen molar-refractivity contribution in [1.82, 2.24) is 9.78 Å². The number of primary amides is 1. The second kappa shape index (κ2) is 7.69. The van der Waals surface area contributed by atoms with E-state index in [1.807, 2.05) is 61.0 Å². The molecule has 1 amide bonds. The molecule has 1 aliphatic rings. The third-order valence-corrected chi connectivity index (χ3v) is 5.90. The number of aryl methyl sites for hydroxylation is 1. The molecule has 1 aromatic heterocycles. The van der Waals surface area contributed by atoms with E-state index in [2.05, 4.69) is 24.3 Å². The molecule has 1 aliphatic carbocycles. The number of Topliss-reactive ketones (excluding diaryl/α,β-unsaturated/α-hetero) is 1. The fourth-order valence-corrected chi connectivity index (χ4v) is 4.41. The number of rotatable bonds is 5. The lowest BCUT2D eigenvalue weighted by molar-refractivity contribution is 0.0909. The van der Waals surface area contributed by atoms with Crippen LogP contribution in [0.1, 0.15) is 70.9 Å². The zero-order valence-electron chi connectivity index (χ0n) is 18.4. The lowest BCUT2D eigenvalue weighted by atomic mass is 9.75. The van der Waals surface area contributed by atoms with E-state index < -0.39 is 5.91 Å². The van der Waals surface area contributed by atoms with Crippen molar-refractivity contribution in [3.8, 4) is 5.69 Å². The molecule has 0 bridgehead atoms. The zero-order chi connectivity index (χ0) is 22.3. The largest absolute Gasteiger partial charge is 0.378 e. The number of ketones is 1. The van der Waals surface area contributed by atoms with Crippen molar-refractivity contribution in [2.45, 2.75) is 46.6 Å². The van der Waals surface area contributed by atoms with Crippen LogP contribution in [-0.2, 0) is 6.42 Å². The number of hydrogen-bond donors (Lipinski definition) is 2. The zero-order valence-corrected chi connectivity index (χ0v) is 18.4. The number of nitrogens with two attached hydrogens (primary N) is 1. The number of anilines is 1. The van der Waals surface area contributed by atoms with Crippen molar-refractivity contribution < 1.29 is 9.59 Å². The molecule has 160 valence electrons. The van der Waals surface area contributed by atoms with E-state index in [0.717, 1.165) is 34.6 Å². The average molecular weight is 417 g/mol. The fraction of sp³-hybridized carbons (Fsp3) is 0.320. The molecule has 0 unspecified atom stereocenters. The van der Waals surface area contributed by atoms with Gasteiger partial charge in [-0.1, -0.05) is 44.2 Å². The normalized spacial score (nSPS) is 15.9. The molecule has 31 heavy (non-hydrogen) atoms. The number of nitrogens with one attached hydrogen (secondary N) is 1. The van der Waals surface area contributed by atoms with Gasteiger partial charge in [0.2, 0.25) is 0 Å². The number of aromatic nitrogens is 2. The lowest BCUT2D eigenvalue weighted by Crippen LogP contribution is -2.28. The Kier molecular flexibility index (Phi) is 5.17. The van der Waals surface area contributed by atoms with Crippen LogP contribution in [0.2, 0.25) is 0 Å². The molecule has 0 radical (unpaired) electrons. The summed E-state index contributed by atoms with van der Waals surface area (Å²) in [5.41, 5.74) is 10.9. The van der Waals surface area contributed by atoms with E-state index in [4.69, 9.17) is 5.73 Å². The van der Waals surface area contributed by atoms with E-state index in [1.54, 1.807) is 6.07 Å². The summed E-state index contributed by atoms with van der Waals surface area (Å²) in [7, 11) is 0. The minimum atomic E-state index is -0.496. The van der Waals surface area contributed by atoms with Gasteiger partial charge < -0.3 is 11.1 Å². The van der Waals surface area contributed by atoms with E-state index in [1.165, 1.54) is 0 Å². The maximum absolute atomic E-state index is 12.8. The summed E-state index contributed by atoms with van der Waals surface area (Å²) in [6.45, 7) is 8.12. The number of carbonyl (C=O) groups is 2. The quantitative estimate of drug-likeness (QED) is 0.636. The van der Waals surface area contributed by atoms with Crippen molar-refractivity contribution in [3.63, 3.8) is 0 Å². The predicted octanol–water partition coefficient (Wildman–Crippen LogP) is 4.61. The van der Waals surface area contributed by atoms with Crippen LogP contribution >= 0.6 is 0 Å². The summed E-state index contributed by atoms with van der Waals surface area (Å²) >= 11 is 0. The first kappa shape index (κ1) is 20.8. The molecular weight excluding hydrogens is 388 g/mol. The van der Waals surface area contributed by atoms with Gasteiger partial charge >= 0.3 is 0 Å². The smallest absolute Gasteiger partial charge is 0.250 e. The maximum Gasteiger partial charge on any atom is 0.250 e. The van der Waals surface area contributed by atoms with E-state index >= 15 is 0 Å². The third-order valence-electron chi connectivity index (χ3n) is 5.90. The molecule has 1 heterocycles. The number of nitrogens with zero attached hydrogens (tertiary/aromatic N) is 2. The molecule has 0 saturated heterocycles. The monoisotopic (exact) mass is 416 g/mol. The van der Waals surface area contributed by atoms with Crippen molar-refractivity contribution in [2.24, 2.45) is 11.1 Å². The third kappa shape index (κ3) is 3.98. The van der Waals surface area contributed by atoms with Gasteiger partial charge in [-0.2, -0.15) is 5.10 Å². The predicted molar refractivity (Wildman–Crippen MR) is 122 cm³/mol. The topological polar surface area (TPSA) is 90.0 Å². The fourth-order valence-electron chi connectivity index (χ4n) is 4.41. The average Bonchev–Trinajstić information content (AvgIpc) is 3.03. The number of fused-ring (bicyclic) bond motifs is 1. The minimum absolute atomic E-state index is 0.0247. The molecule has 6 nitrogen and oxygen atoms in total. The Balaban J connectivity index is 1.78. The summed E-state index contributed by atoms with van der Waals surface area (Å²) in [5, 5.41) is 8.10. The van der Waals surface area contributed by atoms with Gasteiger partial charge in [0.1, 0.15) is 0 Å². The number of hydrogen-bond acceptors (Lipinski definition) is 4. The van der Waals surface area contributed by atoms with Gasteiger partial charge in [0, 0.05) is 18.2 Å². The summed E-state index contributed by atoms with van der Waals surface area (Å²) in [5.74, 6) is -0.357. The summed E-state index contributed by atoms with van der Waals surface area (Å²) in [4.78, 5) is 24.8. The van der Waals surface area contributed by atoms with Crippen LogP contribution in [0.5, 0.6) is 0 Å². The van der Waals surface area contributed by atoms with Crippen molar-refractivity contribution in [3.05, 3.63) is 76.6 Å². The van der Waals surface area contributed by atoms with Gasteiger partial charge in [-0.05, 0) is 49.4 Å². The molecule has 0 fully saturated rings. The Morgan fingerprint density at radius 3 is 2.55 bits per heavy atom. The maximum atomic E-state index is 12.8. The molecule has 0 spiro atoms. The first-order valence-electron chi connectivity index (χ1n) is 10.5. The van der Waals surface area contributed by atoms with Crippen LogP contribution in [-0.4, -0.2) is 21.5 Å². The Morgan fingerprint density at radius 2 is 1.87 bits per heavy atom. The van der Waals surface area contributed by atoms with E-state index in [9.17, 15) is 9.59 Å². The van der Waals surface area contributed by atoms with Gasteiger partial charge in [0.25, 0.3) is 5.91 Å². The van der Waals surface area contributed by atoms with Crippen LogP contribution in [0.25, 0.3) is 5.69 Å². The summed E-state index contributed by atoms with van der Waals surface area (Å²) in [6.07, 6.45) is 1.28. The van der Waals surface area contributed by atoms with Gasteiger partial charge in [-0.25, -0.2) is 4.68 Å². The highest BCUT2D eigenvalue weighted by atomic mass is 16.1. The first-order valence-corrected chi connectivity index (χ1v) is 10.5. The standard InChI is InChI=1S/C25H28N4O2/c1-15(17-8-6-5-7-9-17)27-20-12-18(10-11-19(20)24(26)31)29-21-13-25(3,4)14-22(30)23(21)16(2)28-29/h5-12,15,27H,13-14H2,1-4H3,(H2,26,31)/t15-/m0/s1. The van der Waals surface area contributed by atoms with E-state index in [0.29, 0.717) is 17.7 Å². The van der Waals surface area contributed by atoms with Crippen molar-refractivity contribution >= 4 is 17.4 Å². The van der Waals surface area contributed by atoms with Crippen LogP contribution < -0.4 is 11.1 Å². The molecule has 3 N–H and O–H groups in total. The molecule has 4 rings (SSSR count). The summed E-state index contributed by atoms with van der Waals surface area (Å²) < 4.78 is 1.84. The van der Waals surface area contributed by atoms with Crippen LogP contribution in [0.3, 0.4) is 0 Å². The van der Waals surface area contributed by atoms with Gasteiger partial charge in [-0.3, -0.25) is 9.59 Å². The Hall–Kier alpha value is -3.41. The Bertz CT molecular complexity index is 1160. The first-order chi connectivity index (χ1) is 14.7. The van der Waals surface area contributed by atoms with Gasteiger partial charge in [0.15, 0.2) is 5.78 Å². The molecule has 2 aromatic carbocycles. The van der Waals surface area contributed by atoms with Crippen molar-refractivity contribution in [2.75, 3.05) is 5.32 Å². The minimum Gasteiger partial charge on any atom is -0.378 e. The van der Waals surface area contributed by atoms with Crippen molar-refractivity contribution in [1.29, 1.82) is 0 Å². The number of benzene rings is 2. The Morgan fingerprint density at radius 1 is 1.16 bits per heavy atom. The molecular formula is C25H28N4O2. The SMILES string of the molecule is Cc1nn(-c2ccc(C(N)=O)c(N[C@@H](C)c3ccccc3)c2)c2c1C(=O)CC(C)(C)C2. The summed E-state index contributed by atoms with van der Waals surface area (Å²) in [6, 6.07) is 15.4. The highest BCUT2D eigenvalue weighted by Gasteiger charge is 2.35. The molecule has 1 atom stereocenters. The second-order valence-corrected chi connectivity index (χ2v) is 9.13.